The summed E-state index contributed by atoms with van der Waals surface area (Å²) < 4.78 is 16.0. The second kappa shape index (κ2) is 13.8. The number of nitrogens with one attached hydrogen (secondary N) is 3. The van der Waals surface area contributed by atoms with Gasteiger partial charge in [0.1, 0.15) is 23.8 Å². The fourth-order valence-corrected chi connectivity index (χ4v) is 5.13. The van der Waals surface area contributed by atoms with Gasteiger partial charge in [0, 0.05) is 18.0 Å². The first-order valence-electron chi connectivity index (χ1n) is 15.0. The molecule has 4 rings (SSSR count). The average Bonchev–Trinajstić information content (AvgIpc) is 3.29. The Morgan fingerprint density at radius 2 is 1.36 bits per heavy atom. The molecule has 3 amide bonds. The highest BCUT2D eigenvalue weighted by atomic mass is 16.6. The molecule has 0 bridgehead atoms. The van der Waals surface area contributed by atoms with Crippen molar-refractivity contribution in [1.29, 1.82) is 0 Å². The van der Waals surface area contributed by atoms with E-state index in [-0.39, 0.29) is 25.6 Å². The number of fused-ring (bicyclic) bond motifs is 3. The third kappa shape index (κ3) is 8.62. The smallest absolute Gasteiger partial charge is 0.411 e. The number of rotatable bonds is 10. The molecule has 1 aliphatic carbocycles. The van der Waals surface area contributed by atoms with Crippen LogP contribution in [-0.2, 0) is 30.2 Å². The summed E-state index contributed by atoms with van der Waals surface area (Å²) in [4.78, 5) is 50.9. The van der Waals surface area contributed by atoms with Crippen molar-refractivity contribution in [2.75, 3.05) is 18.5 Å². The highest BCUT2D eigenvalue weighted by Crippen LogP contribution is 2.44. The first-order chi connectivity index (χ1) is 21.3. The van der Waals surface area contributed by atoms with Gasteiger partial charge in [-0.25, -0.2) is 14.4 Å². The number of esters is 1. The molecule has 0 radical (unpaired) electrons. The Kier molecular flexibility index (Phi) is 10.2. The van der Waals surface area contributed by atoms with Crippen LogP contribution in [0.5, 0.6) is 0 Å². The van der Waals surface area contributed by atoms with Crippen molar-refractivity contribution in [1.82, 2.24) is 10.6 Å². The van der Waals surface area contributed by atoms with E-state index >= 15 is 0 Å². The van der Waals surface area contributed by atoms with Gasteiger partial charge in [-0.05, 0) is 81.5 Å². The normalized spacial score (nSPS) is 13.1. The molecule has 0 unspecified atom stereocenters. The molecule has 0 aliphatic heterocycles. The van der Waals surface area contributed by atoms with E-state index in [1.54, 1.807) is 52.0 Å². The van der Waals surface area contributed by atoms with Crippen molar-refractivity contribution in [3.63, 3.8) is 0 Å². The first kappa shape index (κ1) is 33.0. The van der Waals surface area contributed by atoms with Crippen LogP contribution in [0.3, 0.4) is 0 Å². The minimum absolute atomic E-state index is 0.0557. The summed E-state index contributed by atoms with van der Waals surface area (Å²) in [6.45, 7) is 10.2. The Hall–Kier alpha value is -4.86. The third-order valence-corrected chi connectivity index (χ3v) is 7.21. The average molecular weight is 616 g/mol. The molecule has 238 valence electrons. The van der Waals surface area contributed by atoms with E-state index in [1.165, 1.54) is 13.8 Å². The largest absolute Gasteiger partial charge is 0.464 e. The molecule has 3 N–H and O–H groups in total. The quantitative estimate of drug-likeness (QED) is 0.190. The van der Waals surface area contributed by atoms with Gasteiger partial charge in [0.05, 0.1) is 6.61 Å². The molecule has 3 aromatic rings. The first-order valence-corrected chi connectivity index (χ1v) is 15.0. The summed E-state index contributed by atoms with van der Waals surface area (Å²) in [5, 5.41) is 8.01. The molecule has 1 aliphatic rings. The topological polar surface area (TPSA) is 132 Å². The van der Waals surface area contributed by atoms with Gasteiger partial charge in [-0.1, -0.05) is 60.7 Å². The van der Waals surface area contributed by atoms with E-state index in [9.17, 15) is 19.2 Å². The van der Waals surface area contributed by atoms with Gasteiger partial charge < -0.3 is 24.8 Å². The highest BCUT2D eigenvalue weighted by Gasteiger charge is 2.35. The Morgan fingerprint density at radius 3 is 1.91 bits per heavy atom. The fourth-order valence-electron chi connectivity index (χ4n) is 5.13. The van der Waals surface area contributed by atoms with E-state index in [4.69, 9.17) is 14.2 Å². The van der Waals surface area contributed by atoms with Crippen LogP contribution < -0.4 is 16.0 Å². The summed E-state index contributed by atoms with van der Waals surface area (Å²) >= 11 is 0. The van der Waals surface area contributed by atoms with Crippen LogP contribution >= 0.6 is 0 Å². The van der Waals surface area contributed by atoms with Gasteiger partial charge in [-0.3, -0.25) is 10.1 Å². The van der Waals surface area contributed by atoms with Crippen molar-refractivity contribution in [2.45, 2.75) is 71.1 Å². The van der Waals surface area contributed by atoms with Crippen LogP contribution in [0, 0.1) is 0 Å². The zero-order valence-corrected chi connectivity index (χ0v) is 26.6. The van der Waals surface area contributed by atoms with Crippen LogP contribution in [0.25, 0.3) is 11.1 Å². The Labute approximate surface area is 263 Å². The maximum atomic E-state index is 13.3. The number of alkyl carbamates (subject to hydrolysis) is 1. The number of amides is 3. The molecule has 45 heavy (non-hydrogen) atoms. The van der Waals surface area contributed by atoms with Gasteiger partial charge in [-0.15, -0.1) is 0 Å². The lowest BCUT2D eigenvalue weighted by atomic mass is 9.98. The van der Waals surface area contributed by atoms with Crippen molar-refractivity contribution in [3.05, 3.63) is 89.5 Å². The fraction of sp³-hybridized carbons (Fsp3) is 0.371. The second-order valence-corrected chi connectivity index (χ2v) is 12.4. The maximum Gasteiger partial charge on any atom is 0.411 e. The second-order valence-electron chi connectivity index (χ2n) is 12.4. The van der Waals surface area contributed by atoms with Crippen molar-refractivity contribution < 1.29 is 33.4 Å². The molecule has 3 aromatic carbocycles. The van der Waals surface area contributed by atoms with E-state index in [1.807, 2.05) is 24.3 Å². The molecule has 0 saturated carbocycles. The highest BCUT2D eigenvalue weighted by molar-refractivity contribution is 5.91. The zero-order chi connectivity index (χ0) is 32.8. The van der Waals surface area contributed by atoms with Crippen LogP contribution in [0.2, 0.25) is 0 Å². The van der Waals surface area contributed by atoms with Gasteiger partial charge in [0.15, 0.2) is 0 Å². The zero-order valence-electron chi connectivity index (χ0n) is 26.6. The lowest BCUT2D eigenvalue weighted by molar-refractivity contribution is -0.152. The molecule has 0 aromatic heterocycles. The number of carbonyl (C=O) groups is 4. The molecular formula is C35H41N3O7. The summed E-state index contributed by atoms with van der Waals surface area (Å²) in [6.07, 6.45) is -1.27. The minimum atomic E-state index is -1.32. The third-order valence-electron chi connectivity index (χ3n) is 7.21. The van der Waals surface area contributed by atoms with Gasteiger partial charge in [-0.2, -0.15) is 0 Å². The number of anilines is 1. The SMILES string of the molecule is CCOC(=O)C(C)(C)NC(=O)[C@H](Cc1ccc(NC(=O)OCC2c3ccccc3-c3ccccc32)cc1)NC(=O)OC(C)(C)C. The minimum Gasteiger partial charge on any atom is -0.464 e. The Morgan fingerprint density at radius 1 is 0.778 bits per heavy atom. The molecule has 0 saturated heterocycles. The number of ether oxygens (including phenoxy) is 3. The van der Waals surface area contributed by atoms with E-state index < -0.39 is 41.2 Å². The Bertz CT molecular complexity index is 1500. The molecule has 0 spiro atoms. The van der Waals surface area contributed by atoms with Crippen LogP contribution in [0.15, 0.2) is 72.8 Å². The molecular weight excluding hydrogens is 574 g/mol. The standard InChI is InChI=1S/C35H41N3O7/c1-7-43-31(40)35(5,6)38-30(39)29(37-33(42)45-34(2,3)4)20-22-16-18-23(19-17-22)36-32(41)44-21-28-26-14-10-8-12-24(26)25-13-9-11-15-27(25)28/h8-19,28-29H,7,20-21H2,1-6H3,(H,36,41)(H,37,42)(H,38,39)/t29-/m0/s1. The summed E-state index contributed by atoms with van der Waals surface area (Å²) in [7, 11) is 0. The summed E-state index contributed by atoms with van der Waals surface area (Å²) in [6, 6.07) is 22.0. The summed E-state index contributed by atoms with van der Waals surface area (Å²) in [5.74, 6) is -1.24. The predicted octanol–water partition coefficient (Wildman–Crippen LogP) is 5.94. The van der Waals surface area contributed by atoms with Crippen LogP contribution in [-0.4, -0.2) is 54.5 Å². The van der Waals surface area contributed by atoms with Crippen LogP contribution in [0.1, 0.15) is 64.2 Å². The summed E-state index contributed by atoms with van der Waals surface area (Å²) in [5.41, 5.74) is 3.64. The molecule has 0 fully saturated rings. The van der Waals surface area contributed by atoms with Gasteiger partial charge in [0.25, 0.3) is 0 Å². The van der Waals surface area contributed by atoms with E-state index in [0.717, 1.165) is 22.3 Å². The molecule has 0 heterocycles. The van der Waals surface area contributed by atoms with Crippen molar-refractivity contribution >= 4 is 29.8 Å². The molecule has 10 heteroatoms. The van der Waals surface area contributed by atoms with Crippen LogP contribution in [0.4, 0.5) is 15.3 Å². The number of carbonyl (C=O) groups excluding carboxylic acids is 4. The van der Waals surface area contributed by atoms with E-state index in [2.05, 4.69) is 40.2 Å². The van der Waals surface area contributed by atoms with Crippen molar-refractivity contribution in [3.8, 4) is 11.1 Å². The van der Waals surface area contributed by atoms with Gasteiger partial charge in [0.2, 0.25) is 5.91 Å². The number of hydrogen-bond donors (Lipinski definition) is 3. The lowest BCUT2D eigenvalue weighted by Gasteiger charge is -2.28. The van der Waals surface area contributed by atoms with E-state index in [0.29, 0.717) is 11.3 Å². The monoisotopic (exact) mass is 615 g/mol. The van der Waals surface area contributed by atoms with Gasteiger partial charge >= 0.3 is 18.2 Å². The molecule has 10 nitrogen and oxygen atoms in total. The van der Waals surface area contributed by atoms with Crippen molar-refractivity contribution in [2.24, 2.45) is 0 Å². The predicted molar refractivity (Wildman–Crippen MR) is 171 cm³/mol. The Balaban J connectivity index is 1.39. The number of benzene rings is 3. The molecule has 1 atom stereocenters. The number of hydrogen-bond acceptors (Lipinski definition) is 7. The maximum absolute atomic E-state index is 13.3. The lowest BCUT2D eigenvalue weighted by Crippen LogP contribution is -2.57.